The lowest BCUT2D eigenvalue weighted by Crippen LogP contribution is -2.41. The van der Waals surface area contributed by atoms with Crippen LogP contribution in [0.2, 0.25) is 0 Å². The highest BCUT2D eigenvalue weighted by molar-refractivity contribution is 5.98. The summed E-state index contributed by atoms with van der Waals surface area (Å²) >= 11 is 0. The molecular weight excluding hydrogens is 308 g/mol. The second-order valence-electron chi connectivity index (χ2n) is 7.20. The van der Waals surface area contributed by atoms with Crippen molar-refractivity contribution in [3.8, 4) is 5.75 Å². The van der Waals surface area contributed by atoms with E-state index in [2.05, 4.69) is 71.7 Å². The summed E-state index contributed by atoms with van der Waals surface area (Å²) in [6, 6.07) is 15.6. The van der Waals surface area contributed by atoms with Gasteiger partial charge in [-0.15, -0.1) is 0 Å². The van der Waals surface area contributed by atoms with Gasteiger partial charge in [0.2, 0.25) is 0 Å². The van der Waals surface area contributed by atoms with E-state index >= 15 is 0 Å². The number of nitrogens with one attached hydrogen (secondary N) is 1. The highest BCUT2D eigenvalue weighted by Gasteiger charge is 2.33. The molecule has 2 atom stereocenters. The van der Waals surface area contributed by atoms with Gasteiger partial charge in [0.05, 0.1) is 7.11 Å². The molecule has 3 nitrogen and oxygen atoms in total. The number of likely N-dealkylation sites (N-methyl/N-ethyl adjacent to an activating group) is 1. The molecule has 1 aromatic heterocycles. The number of fused-ring (bicyclic) bond motifs is 2. The zero-order valence-electron chi connectivity index (χ0n) is 14.6. The Kier molecular flexibility index (Phi) is 3.25. The van der Waals surface area contributed by atoms with Gasteiger partial charge in [-0.3, -0.25) is 4.90 Å². The predicted molar refractivity (Wildman–Crippen MR) is 102 cm³/mol. The van der Waals surface area contributed by atoms with Crippen molar-refractivity contribution in [2.45, 2.75) is 18.4 Å². The van der Waals surface area contributed by atoms with E-state index < -0.39 is 0 Å². The van der Waals surface area contributed by atoms with Crippen molar-refractivity contribution in [2.75, 3.05) is 20.7 Å². The average molecular weight is 330 g/mol. The van der Waals surface area contributed by atoms with Gasteiger partial charge in [0, 0.05) is 35.6 Å². The third kappa shape index (κ3) is 2.23. The van der Waals surface area contributed by atoms with Crippen LogP contribution in [0.15, 0.2) is 54.7 Å². The van der Waals surface area contributed by atoms with Crippen molar-refractivity contribution in [3.63, 3.8) is 0 Å². The van der Waals surface area contributed by atoms with Crippen LogP contribution < -0.4 is 4.74 Å². The number of methoxy groups -OCH3 is 1. The molecule has 1 aliphatic carbocycles. The van der Waals surface area contributed by atoms with Crippen molar-refractivity contribution in [1.82, 2.24) is 9.88 Å². The molecule has 0 spiro atoms. The topological polar surface area (TPSA) is 28.3 Å². The molecule has 0 radical (unpaired) electrons. The van der Waals surface area contributed by atoms with Crippen LogP contribution in [0, 0.1) is 0 Å². The number of hydrogen-bond acceptors (Lipinski definition) is 2. The number of H-pyrrole nitrogens is 1. The van der Waals surface area contributed by atoms with Crippen LogP contribution in [-0.2, 0) is 6.42 Å². The van der Waals surface area contributed by atoms with E-state index in [0.29, 0.717) is 12.0 Å². The lowest BCUT2D eigenvalue weighted by molar-refractivity contribution is 0.268. The largest absolute Gasteiger partial charge is 0.497 e. The fraction of sp³-hybridized carbons (Fsp3) is 0.273. The van der Waals surface area contributed by atoms with Crippen LogP contribution in [0.25, 0.3) is 16.5 Å². The van der Waals surface area contributed by atoms with Gasteiger partial charge in [-0.2, -0.15) is 0 Å². The average Bonchev–Trinajstić information content (AvgIpc) is 3.07. The number of nitrogens with zero attached hydrogens (tertiary/aromatic N) is 1. The van der Waals surface area contributed by atoms with Gasteiger partial charge in [0.15, 0.2) is 0 Å². The Bertz CT molecular complexity index is 967. The van der Waals surface area contributed by atoms with E-state index in [-0.39, 0.29) is 0 Å². The zero-order valence-corrected chi connectivity index (χ0v) is 14.6. The Balaban J connectivity index is 1.63. The number of benzene rings is 2. The van der Waals surface area contributed by atoms with Crippen LogP contribution in [0.1, 0.15) is 22.6 Å². The summed E-state index contributed by atoms with van der Waals surface area (Å²) in [6.45, 7) is 1.05. The van der Waals surface area contributed by atoms with Crippen molar-refractivity contribution < 1.29 is 4.74 Å². The molecule has 0 saturated heterocycles. The molecule has 126 valence electrons. The quantitative estimate of drug-likeness (QED) is 0.762. The highest BCUT2D eigenvalue weighted by atomic mass is 16.5. The first-order valence-corrected chi connectivity index (χ1v) is 8.90. The number of aromatic nitrogens is 1. The highest BCUT2D eigenvalue weighted by Crippen LogP contribution is 2.42. The van der Waals surface area contributed by atoms with Crippen molar-refractivity contribution in [1.29, 1.82) is 0 Å². The van der Waals surface area contributed by atoms with E-state index in [9.17, 15) is 0 Å². The van der Waals surface area contributed by atoms with Gasteiger partial charge < -0.3 is 9.72 Å². The maximum atomic E-state index is 5.30. The molecule has 1 N–H and O–H groups in total. The Morgan fingerprint density at radius 1 is 1.12 bits per heavy atom. The van der Waals surface area contributed by atoms with Gasteiger partial charge in [-0.05, 0) is 53.9 Å². The minimum atomic E-state index is 0.415. The lowest BCUT2D eigenvalue weighted by Gasteiger charge is -2.40. The Labute approximate surface area is 147 Å². The first-order valence-electron chi connectivity index (χ1n) is 8.90. The molecule has 2 aromatic carbocycles. The SMILES string of the molecule is COc1ccc([C@@H]2C=C3c4cccc5[nH]cc(c45)C[C@H]3N(C)C2)cc1. The molecule has 0 bridgehead atoms. The normalized spacial score (nSPS) is 22.6. The molecule has 2 heterocycles. The summed E-state index contributed by atoms with van der Waals surface area (Å²) in [5.74, 6) is 1.33. The summed E-state index contributed by atoms with van der Waals surface area (Å²) in [5.41, 5.74) is 6.93. The summed E-state index contributed by atoms with van der Waals surface area (Å²) in [6.07, 6.45) is 5.78. The zero-order chi connectivity index (χ0) is 17.0. The fourth-order valence-electron chi connectivity index (χ4n) is 4.51. The molecule has 0 saturated carbocycles. The number of ether oxygens (including phenoxy) is 1. The van der Waals surface area contributed by atoms with E-state index in [0.717, 1.165) is 18.7 Å². The van der Waals surface area contributed by atoms with Gasteiger partial charge in [-0.25, -0.2) is 0 Å². The van der Waals surface area contributed by atoms with Crippen molar-refractivity contribution in [2.24, 2.45) is 0 Å². The smallest absolute Gasteiger partial charge is 0.118 e. The molecule has 0 fully saturated rings. The number of rotatable bonds is 2. The third-order valence-electron chi connectivity index (χ3n) is 5.81. The van der Waals surface area contributed by atoms with E-state index in [1.807, 2.05) is 0 Å². The minimum absolute atomic E-state index is 0.415. The van der Waals surface area contributed by atoms with Gasteiger partial charge in [0.25, 0.3) is 0 Å². The van der Waals surface area contributed by atoms with Crippen LogP contribution >= 0.6 is 0 Å². The second-order valence-corrected chi connectivity index (χ2v) is 7.20. The van der Waals surface area contributed by atoms with Crippen LogP contribution in [-0.4, -0.2) is 36.6 Å². The molecule has 0 unspecified atom stereocenters. The third-order valence-corrected chi connectivity index (χ3v) is 5.81. The van der Waals surface area contributed by atoms with Crippen molar-refractivity contribution >= 4 is 16.5 Å². The summed E-state index contributed by atoms with van der Waals surface area (Å²) < 4.78 is 5.30. The van der Waals surface area contributed by atoms with E-state index in [1.54, 1.807) is 7.11 Å². The standard InChI is InChI=1S/C22H22N2O/c1-24-13-16(14-6-8-17(25-2)9-7-14)10-19-18-4-3-5-20-22(18)15(12-23-20)11-21(19)24/h3-10,12,16,21,23H,11,13H2,1-2H3/t16-,21-/m1/s1. The lowest BCUT2D eigenvalue weighted by atomic mass is 9.78. The molecule has 2 aliphatic rings. The molecular formula is C22H22N2O. The van der Waals surface area contributed by atoms with Crippen LogP contribution in [0.5, 0.6) is 5.75 Å². The number of hydrogen-bond donors (Lipinski definition) is 1. The maximum absolute atomic E-state index is 5.30. The summed E-state index contributed by atoms with van der Waals surface area (Å²) in [5, 5.41) is 1.41. The maximum Gasteiger partial charge on any atom is 0.118 e. The van der Waals surface area contributed by atoms with E-state index in [1.165, 1.54) is 33.2 Å². The Morgan fingerprint density at radius 2 is 1.96 bits per heavy atom. The number of aromatic amines is 1. The molecule has 25 heavy (non-hydrogen) atoms. The molecule has 0 amide bonds. The summed E-state index contributed by atoms with van der Waals surface area (Å²) in [4.78, 5) is 5.95. The van der Waals surface area contributed by atoms with E-state index in [4.69, 9.17) is 4.74 Å². The van der Waals surface area contributed by atoms with Gasteiger partial charge in [0.1, 0.15) is 5.75 Å². The second kappa shape index (κ2) is 5.50. The van der Waals surface area contributed by atoms with Crippen LogP contribution in [0.4, 0.5) is 0 Å². The molecule has 1 aliphatic heterocycles. The van der Waals surface area contributed by atoms with Gasteiger partial charge >= 0.3 is 0 Å². The Hall–Kier alpha value is -2.52. The predicted octanol–water partition coefficient (Wildman–Crippen LogP) is 4.21. The van der Waals surface area contributed by atoms with Crippen molar-refractivity contribution in [3.05, 3.63) is 71.4 Å². The summed E-state index contributed by atoms with van der Waals surface area (Å²) in [7, 11) is 3.97. The van der Waals surface area contributed by atoms with Gasteiger partial charge in [-0.1, -0.05) is 30.3 Å². The minimum Gasteiger partial charge on any atom is -0.497 e. The first kappa shape index (κ1) is 14.8. The first-order chi connectivity index (χ1) is 12.2. The fourth-order valence-corrected chi connectivity index (χ4v) is 4.51. The molecule has 3 heteroatoms. The monoisotopic (exact) mass is 330 g/mol. The Morgan fingerprint density at radius 3 is 2.76 bits per heavy atom. The molecule has 3 aromatic rings. The molecule has 5 rings (SSSR count). The van der Waals surface area contributed by atoms with Crippen LogP contribution in [0.3, 0.4) is 0 Å².